The van der Waals surface area contributed by atoms with Crippen molar-refractivity contribution in [2.24, 2.45) is 0 Å². The number of nitrogens with one attached hydrogen (secondary N) is 1. The first-order chi connectivity index (χ1) is 9.24. The summed E-state index contributed by atoms with van der Waals surface area (Å²) in [5, 5.41) is 2.94. The Morgan fingerprint density at radius 2 is 2.26 bits per heavy atom. The zero-order chi connectivity index (χ0) is 13.5. The van der Waals surface area contributed by atoms with Gasteiger partial charge >= 0.3 is 0 Å². The second-order valence-corrected chi connectivity index (χ2v) is 4.97. The van der Waals surface area contributed by atoms with Crippen molar-refractivity contribution in [1.29, 1.82) is 0 Å². The van der Waals surface area contributed by atoms with Gasteiger partial charge in [0, 0.05) is 12.2 Å². The van der Waals surface area contributed by atoms with Crippen LogP contribution in [-0.4, -0.2) is 17.4 Å². The first-order valence-electron chi connectivity index (χ1n) is 6.89. The lowest BCUT2D eigenvalue weighted by Crippen LogP contribution is -2.26. The minimum Gasteiger partial charge on any atom is -0.397 e. The van der Waals surface area contributed by atoms with Crippen LogP contribution in [0.15, 0.2) is 30.0 Å². The first-order valence-corrected chi connectivity index (χ1v) is 6.89. The molecule has 2 rings (SSSR count). The summed E-state index contributed by atoms with van der Waals surface area (Å²) in [7, 11) is 0. The fourth-order valence-corrected chi connectivity index (χ4v) is 2.26. The van der Waals surface area contributed by atoms with Crippen LogP contribution in [0.25, 0.3) is 0 Å². The van der Waals surface area contributed by atoms with Gasteiger partial charge in [-0.15, -0.1) is 0 Å². The monoisotopic (exact) mass is 259 g/mol. The summed E-state index contributed by atoms with van der Waals surface area (Å²) in [6.45, 7) is 0.722. The number of anilines is 1. The molecule has 0 bridgehead atoms. The Kier molecular flexibility index (Phi) is 4.95. The van der Waals surface area contributed by atoms with E-state index in [1.54, 1.807) is 18.3 Å². The molecule has 1 aliphatic rings. The molecule has 4 heteroatoms. The number of nitrogens with zero attached hydrogens (tertiary/aromatic N) is 1. The van der Waals surface area contributed by atoms with Gasteiger partial charge in [0.2, 0.25) is 5.91 Å². The summed E-state index contributed by atoms with van der Waals surface area (Å²) < 4.78 is 0. The molecule has 3 N–H and O–H groups in total. The SMILES string of the molecule is Nc1ccc(CC(=O)NCCC2=CCCCC2)nc1. The molecule has 0 fully saturated rings. The quantitative estimate of drug-likeness (QED) is 0.797. The van der Waals surface area contributed by atoms with Gasteiger partial charge in [0.1, 0.15) is 0 Å². The Balaban J connectivity index is 1.69. The Bertz CT molecular complexity index is 451. The number of pyridine rings is 1. The number of carbonyl (C=O) groups is 1. The topological polar surface area (TPSA) is 68.0 Å². The van der Waals surface area contributed by atoms with E-state index in [4.69, 9.17) is 5.73 Å². The number of hydrogen-bond donors (Lipinski definition) is 2. The number of aromatic nitrogens is 1. The molecule has 0 unspecified atom stereocenters. The number of amides is 1. The van der Waals surface area contributed by atoms with Crippen molar-refractivity contribution in [2.75, 3.05) is 12.3 Å². The van der Waals surface area contributed by atoms with Crippen molar-refractivity contribution >= 4 is 11.6 Å². The third kappa shape index (κ3) is 4.73. The summed E-state index contributed by atoms with van der Waals surface area (Å²) in [4.78, 5) is 15.9. The molecule has 0 aliphatic heterocycles. The second kappa shape index (κ2) is 6.92. The minimum absolute atomic E-state index is 0.0219. The smallest absolute Gasteiger partial charge is 0.226 e. The van der Waals surface area contributed by atoms with E-state index in [9.17, 15) is 4.79 Å². The van der Waals surface area contributed by atoms with Gasteiger partial charge in [-0.2, -0.15) is 0 Å². The normalized spacial score (nSPS) is 14.8. The van der Waals surface area contributed by atoms with E-state index in [1.165, 1.54) is 31.3 Å². The first kappa shape index (κ1) is 13.6. The summed E-state index contributed by atoms with van der Waals surface area (Å²) >= 11 is 0. The van der Waals surface area contributed by atoms with Gasteiger partial charge < -0.3 is 11.1 Å². The van der Waals surface area contributed by atoms with Gasteiger partial charge in [0.05, 0.1) is 18.3 Å². The lowest BCUT2D eigenvalue weighted by molar-refractivity contribution is -0.120. The largest absolute Gasteiger partial charge is 0.397 e. The highest BCUT2D eigenvalue weighted by Crippen LogP contribution is 2.19. The summed E-state index contributed by atoms with van der Waals surface area (Å²) in [6.07, 6.45) is 10.2. The predicted molar refractivity (Wildman–Crippen MR) is 76.5 cm³/mol. The molecular weight excluding hydrogens is 238 g/mol. The molecular formula is C15H21N3O. The van der Waals surface area contributed by atoms with Crippen molar-refractivity contribution < 1.29 is 4.79 Å². The molecule has 102 valence electrons. The van der Waals surface area contributed by atoms with Crippen LogP contribution < -0.4 is 11.1 Å². The second-order valence-electron chi connectivity index (χ2n) is 4.97. The highest BCUT2D eigenvalue weighted by Gasteiger charge is 2.06. The Morgan fingerprint density at radius 1 is 1.37 bits per heavy atom. The molecule has 4 nitrogen and oxygen atoms in total. The van der Waals surface area contributed by atoms with Crippen LogP contribution >= 0.6 is 0 Å². The molecule has 0 saturated carbocycles. The molecule has 1 heterocycles. The molecule has 1 aromatic rings. The van der Waals surface area contributed by atoms with E-state index in [2.05, 4.69) is 16.4 Å². The number of carbonyl (C=O) groups excluding carboxylic acids is 1. The van der Waals surface area contributed by atoms with Crippen LogP contribution in [0.5, 0.6) is 0 Å². The Labute approximate surface area is 114 Å². The molecule has 0 atom stereocenters. The molecule has 0 radical (unpaired) electrons. The van der Waals surface area contributed by atoms with Gasteiger partial charge in [0.25, 0.3) is 0 Å². The number of allylic oxidation sites excluding steroid dienone is 1. The lowest BCUT2D eigenvalue weighted by Gasteiger charge is -2.12. The molecule has 1 amide bonds. The predicted octanol–water partition coefficient (Wildman–Crippen LogP) is 2.21. The van der Waals surface area contributed by atoms with Gasteiger partial charge in [0.15, 0.2) is 0 Å². The third-order valence-electron chi connectivity index (χ3n) is 3.34. The maximum atomic E-state index is 11.7. The standard InChI is InChI=1S/C15H21N3O/c16-13-6-7-14(18-11-13)10-15(19)17-9-8-12-4-2-1-3-5-12/h4,6-7,11H,1-3,5,8-10,16H2,(H,17,19). The maximum absolute atomic E-state index is 11.7. The summed E-state index contributed by atoms with van der Waals surface area (Å²) in [5.41, 5.74) is 8.41. The lowest BCUT2D eigenvalue weighted by atomic mass is 9.97. The average Bonchev–Trinajstić information content (AvgIpc) is 2.43. The van der Waals surface area contributed by atoms with E-state index in [0.29, 0.717) is 12.1 Å². The zero-order valence-electron chi connectivity index (χ0n) is 11.2. The summed E-state index contributed by atoms with van der Waals surface area (Å²) in [6, 6.07) is 3.56. The minimum atomic E-state index is 0.0219. The molecule has 0 aromatic carbocycles. The van der Waals surface area contributed by atoms with Crippen molar-refractivity contribution in [3.63, 3.8) is 0 Å². The summed E-state index contributed by atoms with van der Waals surface area (Å²) in [5.74, 6) is 0.0219. The van der Waals surface area contributed by atoms with Crippen molar-refractivity contribution in [2.45, 2.75) is 38.5 Å². The molecule has 0 saturated heterocycles. The van der Waals surface area contributed by atoms with E-state index in [-0.39, 0.29) is 5.91 Å². The number of nitrogens with two attached hydrogens (primary N) is 1. The van der Waals surface area contributed by atoms with Crippen LogP contribution in [0.3, 0.4) is 0 Å². The number of rotatable bonds is 5. The maximum Gasteiger partial charge on any atom is 0.226 e. The third-order valence-corrected chi connectivity index (χ3v) is 3.34. The zero-order valence-corrected chi connectivity index (χ0v) is 11.2. The van der Waals surface area contributed by atoms with E-state index in [0.717, 1.165) is 18.7 Å². The fourth-order valence-electron chi connectivity index (χ4n) is 2.26. The van der Waals surface area contributed by atoms with E-state index >= 15 is 0 Å². The van der Waals surface area contributed by atoms with Crippen LogP contribution in [0.4, 0.5) is 5.69 Å². The van der Waals surface area contributed by atoms with E-state index in [1.807, 2.05) is 0 Å². The van der Waals surface area contributed by atoms with Crippen molar-refractivity contribution in [3.05, 3.63) is 35.7 Å². The van der Waals surface area contributed by atoms with Gasteiger partial charge in [-0.3, -0.25) is 9.78 Å². The number of nitrogen functional groups attached to an aromatic ring is 1. The van der Waals surface area contributed by atoms with Crippen LogP contribution in [0, 0.1) is 0 Å². The van der Waals surface area contributed by atoms with Gasteiger partial charge in [-0.05, 0) is 44.2 Å². The Morgan fingerprint density at radius 3 is 2.95 bits per heavy atom. The van der Waals surface area contributed by atoms with Gasteiger partial charge in [-0.25, -0.2) is 0 Å². The fraction of sp³-hybridized carbons (Fsp3) is 0.467. The molecule has 1 aromatic heterocycles. The van der Waals surface area contributed by atoms with Crippen molar-refractivity contribution in [3.8, 4) is 0 Å². The van der Waals surface area contributed by atoms with Crippen molar-refractivity contribution in [1.82, 2.24) is 10.3 Å². The molecule has 1 aliphatic carbocycles. The van der Waals surface area contributed by atoms with E-state index < -0.39 is 0 Å². The Hall–Kier alpha value is -1.84. The average molecular weight is 259 g/mol. The van der Waals surface area contributed by atoms with Gasteiger partial charge in [-0.1, -0.05) is 11.6 Å². The van der Waals surface area contributed by atoms with Crippen LogP contribution in [-0.2, 0) is 11.2 Å². The van der Waals surface area contributed by atoms with Crippen LogP contribution in [0.1, 0.15) is 37.8 Å². The van der Waals surface area contributed by atoms with Crippen LogP contribution in [0.2, 0.25) is 0 Å². The molecule has 0 spiro atoms. The molecule has 19 heavy (non-hydrogen) atoms. The number of hydrogen-bond acceptors (Lipinski definition) is 3. The highest BCUT2D eigenvalue weighted by molar-refractivity contribution is 5.78. The highest BCUT2D eigenvalue weighted by atomic mass is 16.1.